The summed E-state index contributed by atoms with van der Waals surface area (Å²) >= 11 is 0. The summed E-state index contributed by atoms with van der Waals surface area (Å²) in [4.78, 5) is 38.7. The molecule has 1 atom stereocenters. The molecule has 0 radical (unpaired) electrons. The van der Waals surface area contributed by atoms with Crippen molar-refractivity contribution in [3.63, 3.8) is 0 Å². The Labute approximate surface area is 144 Å². The molecule has 2 heterocycles. The van der Waals surface area contributed by atoms with Crippen molar-refractivity contribution in [3.8, 4) is 0 Å². The fourth-order valence-electron chi connectivity index (χ4n) is 3.06. The van der Waals surface area contributed by atoms with Crippen molar-refractivity contribution in [1.29, 1.82) is 0 Å². The number of carbonyl (C=O) groups is 2. The first-order valence-corrected chi connectivity index (χ1v) is 8.40. The van der Waals surface area contributed by atoms with Crippen LogP contribution in [0.15, 0.2) is 29.1 Å². The van der Waals surface area contributed by atoms with Gasteiger partial charge in [0, 0.05) is 6.54 Å². The van der Waals surface area contributed by atoms with Gasteiger partial charge in [-0.15, -0.1) is 5.10 Å². The van der Waals surface area contributed by atoms with Crippen LogP contribution >= 0.6 is 0 Å². The monoisotopic (exact) mass is 344 g/mol. The van der Waals surface area contributed by atoms with Crippen LogP contribution in [0.1, 0.15) is 26.2 Å². The summed E-state index contributed by atoms with van der Waals surface area (Å²) in [6.45, 7) is 2.23. The number of likely N-dealkylation sites (tertiary alicyclic amines) is 1. The van der Waals surface area contributed by atoms with Crippen molar-refractivity contribution in [2.75, 3.05) is 13.2 Å². The second-order valence-electron chi connectivity index (χ2n) is 5.92. The molecule has 1 saturated heterocycles. The molecule has 1 aromatic heterocycles. The Morgan fingerprint density at radius 2 is 2.08 bits per heavy atom. The summed E-state index contributed by atoms with van der Waals surface area (Å²) < 4.78 is 6.11. The lowest BCUT2D eigenvalue weighted by molar-refractivity contribution is -0.157. The average Bonchev–Trinajstić information content (AvgIpc) is 2.64. The third kappa shape index (κ3) is 3.52. The van der Waals surface area contributed by atoms with Crippen LogP contribution in [0.5, 0.6) is 0 Å². The van der Waals surface area contributed by atoms with Crippen LogP contribution in [0.3, 0.4) is 0 Å². The Hall–Kier alpha value is -2.77. The summed E-state index contributed by atoms with van der Waals surface area (Å²) in [7, 11) is 0. The first kappa shape index (κ1) is 17.1. The van der Waals surface area contributed by atoms with E-state index in [2.05, 4.69) is 10.3 Å². The fourth-order valence-corrected chi connectivity index (χ4v) is 3.06. The Bertz CT molecular complexity index is 848. The van der Waals surface area contributed by atoms with E-state index >= 15 is 0 Å². The standard InChI is InChI=1S/C17H20N4O4/c1-2-25-17(24)14-9-5-6-10-20(14)15(22)11-21-16(23)12-7-3-4-8-13(12)18-19-21/h3-4,7-8,14H,2,5-6,9-11H2,1H3/t14-/m0/s1. The Balaban J connectivity index is 1.82. The van der Waals surface area contributed by atoms with E-state index in [0.717, 1.165) is 17.5 Å². The Morgan fingerprint density at radius 1 is 1.28 bits per heavy atom. The number of ether oxygens (including phenoxy) is 1. The number of carbonyl (C=O) groups excluding carboxylic acids is 2. The number of aromatic nitrogens is 3. The topological polar surface area (TPSA) is 94.4 Å². The van der Waals surface area contributed by atoms with E-state index in [1.54, 1.807) is 31.2 Å². The lowest BCUT2D eigenvalue weighted by atomic mass is 10.0. The first-order valence-electron chi connectivity index (χ1n) is 8.40. The van der Waals surface area contributed by atoms with Crippen molar-refractivity contribution >= 4 is 22.8 Å². The highest BCUT2D eigenvalue weighted by molar-refractivity contribution is 5.85. The predicted molar refractivity (Wildman–Crippen MR) is 89.8 cm³/mol. The normalized spacial score (nSPS) is 17.5. The average molecular weight is 344 g/mol. The number of esters is 1. The summed E-state index contributed by atoms with van der Waals surface area (Å²) in [5.41, 5.74) is 0.113. The Kier molecular flexibility index (Phi) is 5.06. The van der Waals surface area contributed by atoms with E-state index in [1.807, 2.05) is 0 Å². The number of benzene rings is 1. The largest absolute Gasteiger partial charge is 0.464 e. The maximum absolute atomic E-state index is 12.7. The highest BCUT2D eigenvalue weighted by Crippen LogP contribution is 2.18. The molecule has 0 bridgehead atoms. The number of hydrogen-bond acceptors (Lipinski definition) is 6. The van der Waals surface area contributed by atoms with Gasteiger partial charge in [0.1, 0.15) is 18.1 Å². The Morgan fingerprint density at radius 3 is 2.88 bits per heavy atom. The molecule has 1 aromatic carbocycles. The molecule has 0 saturated carbocycles. The van der Waals surface area contributed by atoms with E-state index < -0.39 is 12.0 Å². The molecule has 8 heteroatoms. The predicted octanol–water partition coefficient (Wildman–Crippen LogP) is 0.736. The van der Waals surface area contributed by atoms with Crippen LogP contribution in [0.2, 0.25) is 0 Å². The van der Waals surface area contributed by atoms with Crippen LogP contribution in [-0.4, -0.2) is 51.0 Å². The van der Waals surface area contributed by atoms with Crippen molar-refractivity contribution < 1.29 is 14.3 Å². The van der Waals surface area contributed by atoms with Gasteiger partial charge in [0.15, 0.2) is 0 Å². The van der Waals surface area contributed by atoms with Gasteiger partial charge in [0.25, 0.3) is 5.56 Å². The van der Waals surface area contributed by atoms with Gasteiger partial charge in [-0.2, -0.15) is 0 Å². The van der Waals surface area contributed by atoms with Gasteiger partial charge in [-0.05, 0) is 38.3 Å². The molecular weight excluding hydrogens is 324 g/mol. The number of hydrogen-bond donors (Lipinski definition) is 0. The molecule has 1 aliphatic rings. The lowest BCUT2D eigenvalue weighted by Gasteiger charge is -2.33. The zero-order valence-corrected chi connectivity index (χ0v) is 14.1. The van der Waals surface area contributed by atoms with E-state index in [9.17, 15) is 14.4 Å². The number of fused-ring (bicyclic) bond motifs is 1. The quantitative estimate of drug-likeness (QED) is 0.759. The lowest BCUT2D eigenvalue weighted by Crippen LogP contribution is -2.50. The molecule has 8 nitrogen and oxygen atoms in total. The zero-order chi connectivity index (χ0) is 17.8. The van der Waals surface area contributed by atoms with Crippen LogP contribution in [0, 0.1) is 0 Å². The molecule has 0 unspecified atom stereocenters. The highest BCUT2D eigenvalue weighted by Gasteiger charge is 2.33. The number of piperidine rings is 1. The highest BCUT2D eigenvalue weighted by atomic mass is 16.5. The molecule has 0 aliphatic carbocycles. The molecule has 0 N–H and O–H groups in total. The minimum Gasteiger partial charge on any atom is -0.464 e. The van der Waals surface area contributed by atoms with E-state index in [0.29, 0.717) is 23.9 Å². The second-order valence-corrected chi connectivity index (χ2v) is 5.92. The SMILES string of the molecule is CCOC(=O)[C@@H]1CCCCN1C(=O)Cn1nnc2ccccc2c1=O. The molecule has 3 rings (SSSR count). The van der Waals surface area contributed by atoms with Crippen molar-refractivity contribution in [3.05, 3.63) is 34.6 Å². The van der Waals surface area contributed by atoms with Gasteiger partial charge in [0.2, 0.25) is 5.91 Å². The molecule has 132 valence electrons. The first-order chi connectivity index (χ1) is 12.1. The number of amides is 1. The zero-order valence-electron chi connectivity index (χ0n) is 14.1. The maximum Gasteiger partial charge on any atom is 0.328 e. The van der Waals surface area contributed by atoms with Crippen LogP contribution in [0.4, 0.5) is 0 Å². The van der Waals surface area contributed by atoms with Crippen LogP contribution < -0.4 is 5.56 Å². The third-order valence-electron chi connectivity index (χ3n) is 4.30. The van der Waals surface area contributed by atoms with Gasteiger partial charge in [0.05, 0.1) is 12.0 Å². The second kappa shape index (κ2) is 7.42. The number of nitrogens with zero attached hydrogens (tertiary/aromatic N) is 4. The molecule has 1 fully saturated rings. The summed E-state index contributed by atoms with van der Waals surface area (Å²) in [6.07, 6.45) is 2.26. The van der Waals surface area contributed by atoms with Gasteiger partial charge in [-0.3, -0.25) is 9.59 Å². The van der Waals surface area contributed by atoms with E-state index in [4.69, 9.17) is 4.74 Å². The molecule has 1 aliphatic heterocycles. The summed E-state index contributed by atoms with van der Waals surface area (Å²) in [6, 6.07) is 6.25. The van der Waals surface area contributed by atoms with E-state index in [-0.39, 0.29) is 24.6 Å². The molecular formula is C17H20N4O4. The van der Waals surface area contributed by atoms with E-state index in [1.165, 1.54) is 4.90 Å². The molecule has 0 spiro atoms. The van der Waals surface area contributed by atoms with Crippen molar-refractivity contribution in [1.82, 2.24) is 19.9 Å². The van der Waals surface area contributed by atoms with Crippen molar-refractivity contribution in [2.24, 2.45) is 0 Å². The third-order valence-corrected chi connectivity index (χ3v) is 4.30. The minimum atomic E-state index is -0.592. The van der Waals surface area contributed by atoms with Crippen molar-refractivity contribution in [2.45, 2.75) is 38.8 Å². The van der Waals surface area contributed by atoms with Gasteiger partial charge < -0.3 is 9.64 Å². The van der Waals surface area contributed by atoms with Crippen LogP contribution in [-0.2, 0) is 20.9 Å². The van der Waals surface area contributed by atoms with Gasteiger partial charge >= 0.3 is 5.97 Å². The number of rotatable bonds is 4. The molecule has 2 aromatic rings. The van der Waals surface area contributed by atoms with Crippen LogP contribution in [0.25, 0.3) is 10.9 Å². The smallest absolute Gasteiger partial charge is 0.328 e. The fraction of sp³-hybridized carbons (Fsp3) is 0.471. The van der Waals surface area contributed by atoms with Gasteiger partial charge in [-0.25, -0.2) is 9.48 Å². The summed E-state index contributed by atoms with van der Waals surface area (Å²) in [5, 5.41) is 8.22. The summed E-state index contributed by atoms with van der Waals surface area (Å²) in [5.74, 6) is -0.725. The molecule has 25 heavy (non-hydrogen) atoms. The maximum atomic E-state index is 12.7. The van der Waals surface area contributed by atoms with Gasteiger partial charge in [-0.1, -0.05) is 17.3 Å². The minimum absolute atomic E-state index is 0.243. The molecule has 1 amide bonds.